The number of esters is 1. The Morgan fingerprint density at radius 3 is 2.82 bits per heavy atom. The summed E-state index contributed by atoms with van der Waals surface area (Å²) < 4.78 is 26.6. The van der Waals surface area contributed by atoms with Crippen molar-refractivity contribution in [3.63, 3.8) is 0 Å². The molecule has 9 heteroatoms. The average molecular weight is 515 g/mol. The number of benzene rings is 1. The van der Waals surface area contributed by atoms with Crippen molar-refractivity contribution in [2.24, 2.45) is 0 Å². The van der Waals surface area contributed by atoms with E-state index in [1.54, 1.807) is 30.2 Å². The second-order valence-corrected chi connectivity index (χ2v) is 8.89. The van der Waals surface area contributed by atoms with Crippen LogP contribution in [0.1, 0.15) is 46.7 Å². The number of hydrogen-bond acceptors (Lipinski definition) is 6. The van der Waals surface area contributed by atoms with Crippen LogP contribution in [0.5, 0.6) is 5.75 Å². The first-order valence-corrected chi connectivity index (χ1v) is 12.4. The minimum absolute atomic E-state index is 0.0829. The third kappa shape index (κ3) is 5.13. The Bertz CT molecular complexity index is 1530. The van der Waals surface area contributed by atoms with Gasteiger partial charge in [-0.15, -0.1) is 0 Å². The molecule has 4 heterocycles. The lowest BCUT2D eigenvalue weighted by Gasteiger charge is -2.35. The number of fused-ring (bicyclic) bond motifs is 2. The topological polar surface area (TPSA) is 86.6 Å². The van der Waals surface area contributed by atoms with Crippen LogP contribution in [0.4, 0.5) is 4.39 Å². The van der Waals surface area contributed by atoms with Gasteiger partial charge in [-0.25, -0.2) is 14.4 Å². The van der Waals surface area contributed by atoms with Gasteiger partial charge in [0, 0.05) is 30.9 Å². The minimum atomic E-state index is -0.682. The summed E-state index contributed by atoms with van der Waals surface area (Å²) in [7, 11) is 1.38. The van der Waals surface area contributed by atoms with E-state index in [9.17, 15) is 14.0 Å². The van der Waals surface area contributed by atoms with Crippen LogP contribution in [0.3, 0.4) is 0 Å². The fourth-order valence-corrected chi connectivity index (χ4v) is 4.67. The zero-order valence-electron chi connectivity index (χ0n) is 21.1. The molecule has 0 fully saturated rings. The molecule has 1 aromatic carbocycles. The summed E-state index contributed by atoms with van der Waals surface area (Å²) >= 11 is 0. The van der Waals surface area contributed by atoms with E-state index in [1.165, 1.54) is 19.2 Å². The highest BCUT2D eigenvalue weighted by atomic mass is 19.1. The van der Waals surface area contributed by atoms with Crippen LogP contribution in [0.25, 0.3) is 23.2 Å². The van der Waals surface area contributed by atoms with E-state index < -0.39 is 17.8 Å². The highest BCUT2D eigenvalue weighted by Crippen LogP contribution is 2.32. The second kappa shape index (κ2) is 10.8. The second-order valence-electron chi connectivity index (χ2n) is 8.89. The van der Waals surface area contributed by atoms with Gasteiger partial charge >= 0.3 is 5.97 Å². The zero-order chi connectivity index (χ0) is 26.6. The first-order chi connectivity index (χ1) is 18.5. The molecular weight excluding hydrogens is 487 g/mol. The van der Waals surface area contributed by atoms with Crippen LogP contribution in [0, 0.1) is 5.82 Å². The van der Waals surface area contributed by atoms with Gasteiger partial charge in [0.05, 0.1) is 31.9 Å². The van der Waals surface area contributed by atoms with Crippen molar-refractivity contribution < 1.29 is 23.5 Å². The number of rotatable bonds is 8. The number of ether oxygens (including phenoxy) is 2. The van der Waals surface area contributed by atoms with E-state index in [4.69, 9.17) is 9.47 Å². The van der Waals surface area contributed by atoms with Gasteiger partial charge in [0.25, 0.3) is 5.91 Å². The summed E-state index contributed by atoms with van der Waals surface area (Å²) in [6.45, 7) is 2.83. The molecule has 3 aromatic heterocycles. The van der Waals surface area contributed by atoms with Crippen LogP contribution >= 0.6 is 0 Å². The molecule has 4 aromatic rings. The molecule has 0 saturated carbocycles. The third-order valence-electron chi connectivity index (χ3n) is 6.51. The molecule has 38 heavy (non-hydrogen) atoms. The maximum atomic E-state index is 14.5. The summed E-state index contributed by atoms with van der Waals surface area (Å²) in [5.74, 6) is -1.16. The summed E-state index contributed by atoms with van der Waals surface area (Å²) in [4.78, 5) is 36.5. The molecule has 1 aliphatic heterocycles. The number of carbonyl (C=O) groups is 2. The summed E-state index contributed by atoms with van der Waals surface area (Å²) in [6, 6.07) is 13.3. The van der Waals surface area contributed by atoms with Gasteiger partial charge in [-0.3, -0.25) is 9.59 Å². The molecule has 1 unspecified atom stereocenters. The van der Waals surface area contributed by atoms with E-state index in [1.807, 2.05) is 47.2 Å². The number of halogens is 1. The lowest BCUT2D eigenvalue weighted by molar-refractivity contribution is -0.144. The van der Waals surface area contributed by atoms with E-state index in [0.29, 0.717) is 30.0 Å². The number of amides is 1. The SMILES string of the molecule is CCOC(=O)CC(c1ccc(OC)c(F)c1)N1CCn2cc(C=Cc3ccc4cccnc4n3)cc2C1=O. The van der Waals surface area contributed by atoms with Crippen molar-refractivity contribution >= 4 is 35.1 Å². The van der Waals surface area contributed by atoms with Gasteiger partial charge < -0.3 is 18.9 Å². The average Bonchev–Trinajstić information content (AvgIpc) is 3.35. The van der Waals surface area contributed by atoms with E-state index in [0.717, 1.165) is 16.6 Å². The Morgan fingerprint density at radius 2 is 2.03 bits per heavy atom. The van der Waals surface area contributed by atoms with Gasteiger partial charge in [-0.05, 0) is 66.6 Å². The van der Waals surface area contributed by atoms with Crippen molar-refractivity contribution in [2.75, 3.05) is 20.3 Å². The molecule has 194 valence electrons. The largest absolute Gasteiger partial charge is 0.494 e. The van der Waals surface area contributed by atoms with Crippen molar-refractivity contribution in [3.8, 4) is 5.75 Å². The van der Waals surface area contributed by atoms with Gasteiger partial charge in [0.15, 0.2) is 17.2 Å². The Kier molecular flexibility index (Phi) is 7.17. The summed E-state index contributed by atoms with van der Waals surface area (Å²) in [6.07, 6.45) is 7.31. The zero-order valence-corrected chi connectivity index (χ0v) is 21.1. The van der Waals surface area contributed by atoms with Crippen molar-refractivity contribution in [1.29, 1.82) is 0 Å². The molecular formula is C29H27FN4O4. The molecule has 0 N–H and O–H groups in total. The van der Waals surface area contributed by atoms with E-state index in [2.05, 4.69) is 9.97 Å². The van der Waals surface area contributed by atoms with Crippen LogP contribution in [0.15, 0.2) is 60.9 Å². The van der Waals surface area contributed by atoms with Crippen LogP contribution in [0.2, 0.25) is 0 Å². The number of carbonyl (C=O) groups excluding carboxylic acids is 2. The number of aromatic nitrogens is 3. The maximum absolute atomic E-state index is 14.5. The first-order valence-electron chi connectivity index (χ1n) is 12.4. The Hall–Kier alpha value is -4.53. The monoisotopic (exact) mass is 514 g/mol. The first kappa shape index (κ1) is 25.1. The molecule has 1 aliphatic rings. The summed E-state index contributed by atoms with van der Waals surface area (Å²) in [5.41, 5.74) is 3.26. The van der Waals surface area contributed by atoms with Gasteiger partial charge in [0.1, 0.15) is 5.69 Å². The van der Waals surface area contributed by atoms with E-state index in [-0.39, 0.29) is 24.7 Å². The van der Waals surface area contributed by atoms with Gasteiger partial charge in [-0.2, -0.15) is 0 Å². The molecule has 0 radical (unpaired) electrons. The number of pyridine rings is 2. The quantitative estimate of drug-likeness (QED) is 0.311. The number of methoxy groups -OCH3 is 1. The molecule has 0 saturated heterocycles. The molecule has 8 nitrogen and oxygen atoms in total. The van der Waals surface area contributed by atoms with Crippen molar-refractivity contribution in [3.05, 3.63) is 89.3 Å². The Labute approximate surface area is 219 Å². The van der Waals surface area contributed by atoms with Gasteiger partial charge in [0.2, 0.25) is 0 Å². The fourth-order valence-electron chi connectivity index (χ4n) is 4.67. The maximum Gasteiger partial charge on any atom is 0.308 e. The standard InChI is InChI=1S/C29H27FN4O4/c1-3-38-27(35)17-24(21-8-11-26(37-2)23(30)16-21)34-14-13-33-18-19(15-25(33)29(34)36)6-9-22-10-7-20-5-4-12-31-28(20)32-22/h4-12,15-16,18,24H,3,13-14,17H2,1-2H3. The molecule has 5 rings (SSSR count). The predicted octanol–water partition coefficient (Wildman–Crippen LogP) is 4.90. The molecule has 0 spiro atoms. The molecule has 0 aliphatic carbocycles. The molecule has 1 atom stereocenters. The van der Waals surface area contributed by atoms with Crippen molar-refractivity contribution in [1.82, 2.24) is 19.4 Å². The van der Waals surface area contributed by atoms with E-state index >= 15 is 0 Å². The smallest absolute Gasteiger partial charge is 0.308 e. The normalized spacial score (nSPS) is 14.1. The fraction of sp³-hybridized carbons (Fsp3) is 0.241. The highest BCUT2D eigenvalue weighted by Gasteiger charge is 2.33. The third-order valence-corrected chi connectivity index (χ3v) is 6.51. The van der Waals surface area contributed by atoms with Crippen LogP contribution in [-0.4, -0.2) is 51.6 Å². The summed E-state index contributed by atoms with van der Waals surface area (Å²) in [5, 5.41) is 0.962. The highest BCUT2D eigenvalue weighted by molar-refractivity contribution is 5.95. The molecule has 0 bridgehead atoms. The minimum Gasteiger partial charge on any atom is -0.494 e. The van der Waals surface area contributed by atoms with Crippen LogP contribution < -0.4 is 4.74 Å². The number of hydrogen-bond donors (Lipinski definition) is 0. The lowest BCUT2D eigenvalue weighted by atomic mass is 10.00. The number of nitrogens with zero attached hydrogens (tertiary/aromatic N) is 4. The lowest BCUT2D eigenvalue weighted by Crippen LogP contribution is -2.43. The van der Waals surface area contributed by atoms with Gasteiger partial charge in [-0.1, -0.05) is 12.1 Å². The Morgan fingerprint density at radius 1 is 1.16 bits per heavy atom. The predicted molar refractivity (Wildman–Crippen MR) is 141 cm³/mol. The van der Waals surface area contributed by atoms with Crippen LogP contribution in [-0.2, 0) is 16.1 Å². The van der Waals surface area contributed by atoms with Crippen molar-refractivity contribution in [2.45, 2.75) is 25.9 Å². The Balaban J connectivity index is 1.40. The molecule has 1 amide bonds.